The average molecular weight is 448 g/mol. The molecule has 1 atom stereocenters. The lowest BCUT2D eigenvalue weighted by molar-refractivity contribution is 0.180. The number of aromatic nitrogens is 3. The molecule has 0 aliphatic rings. The van der Waals surface area contributed by atoms with Crippen LogP contribution in [-0.4, -0.2) is 38.9 Å². The van der Waals surface area contributed by atoms with Gasteiger partial charge in [0.15, 0.2) is 5.96 Å². The molecule has 0 spiro atoms. The zero-order valence-corrected chi connectivity index (χ0v) is 15.9. The summed E-state index contributed by atoms with van der Waals surface area (Å²) in [4.78, 5) is 8.50. The highest BCUT2D eigenvalue weighted by atomic mass is 127. The number of aliphatic hydroxyl groups excluding tert-OH is 1. The molecule has 7 nitrogen and oxygen atoms in total. The van der Waals surface area contributed by atoms with Gasteiger partial charge >= 0.3 is 0 Å². The van der Waals surface area contributed by atoms with E-state index in [1.165, 1.54) is 18.5 Å². The number of nitrogens with zero attached hydrogens (tertiary/aromatic N) is 4. The van der Waals surface area contributed by atoms with Crippen LogP contribution in [0.5, 0.6) is 0 Å². The van der Waals surface area contributed by atoms with E-state index in [9.17, 15) is 9.50 Å². The van der Waals surface area contributed by atoms with Crippen LogP contribution in [-0.2, 0) is 13.6 Å². The molecule has 0 radical (unpaired) electrons. The molecular formula is C15H22FIN6O. The van der Waals surface area contributed by atoms with Crippen molar-refractivity contribution in [2.24, 2.45) is 12.0 Å². The molecule has 0 bridgehead atoms. The smallest absolute Gasteiger partial charge is 0.191 e. The van der Waals surface area contributed by atoms with Gasteiger partial charge in [0.2, 0.25) is 0 Å². The lowest BCUT2D eigenvalue weighted by Gasteiger charge is -2.15. The second kappa shape index (κ2) is 10.2. The SMILES string of the molecule is CCNC(=NCc1ncnn1C)NCC(O)c1ccc(F)cc1.I. The molecule has 0 saturated heterocycles. The Morgan fingerprint density at radius 1 is 1.33 bits per heavy atom. The minimum atomic E-state index is -0.755. The maximum atomic E-state index is 12.9. The molecule has 1 aromatic carbocycles. The van der Waals surface area contributed by atoms with Crippen molar-refractivity contribution < 1.29 is 9.50 Å². The highest BCUT2D eigenvalue weighted by Crippen LogP contribution is 2.12. The van der Waals surface area contributed by atoms with Crippen molar-refractivity contribution >= 4 is 29.9 Å². The fourth-order valence-electron chi connectivity index (χ4n) is 1.95. The first-order valence-corrected chi connectivity index (χ1v) is 7.38. The third kappa shape index (κ3) is 6.04. The van der Waals surface area contributed by atoms with Crippen LogP contribution in [0.2, 0.25) is 0 Å². The Bertz CT molecular complexity index is 646. The van der Waals surface area contributed by atoms with Crippen LogP contribution in [0.3, 0.4) is 0 Å². The molecule has 1 unspecified atom stereocenters. The number of benzene rings is 1. The van der Waals surface area contributed by atoms with Crippen molar-refractivity contribution in [2.45, 2.75) is 19.6 Å². The number of aliphatic hydroxyl groups is 1. The van der Waals surface area contributed by atoms with Crippen LogP contribution < -0.4 is 10.6 Å². The van der Waals surface area contributed by atoms with Gasteiger partial charge < -0.3 is 15.7 Å². The van der Waals surface area contributed by atoms with Gasteiger partial charge in [-0.05, 0) is 24.6 Å². The molecule has 1 aromatic heterocycles. The number of rotatable bonds is 6. The summed E-state index contributed by atoms with van der Waals surface area (Å²) in [6.45, 7) is 3.28. The second-order valence-electron chi connectivity index (χ2n) is 4.94. The first-order chi connectivity index (χ1) is 11.1. The Kier molecular flexibility index (Phi) is 8.61. The summed E-state index contributed by atoms with van der Waals surface area (Å²) in [5.41, 5.74) is 0.642. The maximum Gasteiger partial charge on any atom is 0.191 e. The number of aryl methyl sites for hydroxylation is 1. The van der Waals surface area contributed by atoms with Gasteiger partial charge in [0.05, 0.1) is 6.10 Å². The zero-order valence-electron chi connectivity index (χ0n) is 13.6. The van der Waals surface area contributed by atoms with Gasteiger partial charge in [0.1, 0.15) is 24.5 Å². The van der Waals surface area contributed by atoms with Crippen molar-refractivity contribution in [2.75, 3.05) is 13.1 Å². The van der Waals surface area contributed by atoms with Gasteiger partial charge in [0.25, 0.3) is 0 Å². The summed E-state index contributed by atoms with van der Waals surface area (Å²) in [5.74, 6) is 0.977. The van der Waals surface area contributed by atoms with Crippen LogP contribution >= 0.6 is 24.0 Å². The van der Waals surface area contributed by atoms with E-state index < -0.39 is 6.10 Å². The van der Waals surface area contributed by atoms with E-state index in [0.717, 1.165) is 5.82 Å². The fraction of sp³-hybridized carbons (Fsp3) is 0.400. The van der Waals surface area contributed by atoms with Crippen LogP contribution in [0, 0.1) is 5.82 Å². The maximum absolute atomic E-state index is 12.9. The molecule has 0 aliphatic carbocycles. The Labute approximate surface area is 157 Å². The largest absolute Gasteiger partial charge is 0.387 e. The highest BCUT2D eigenvalue weighted by Gasteiger charge is 2.09. The van der Waals surface area contributed by atoms with Crippen LogP contribution in [0.15, 0.2) is 35.6 Å². The number of hydrogen-bond acceptors (Lipinski definition) is 4. The monoisotopic (exact) mass is 448 g/mol. The zero-order chi connectivity index (χ0) is 16.7. The minimum Gasteiger partial charge on any atom is -0.387 e. The Morgan fingerprint density at radius 3 is 2.62 bits per heavy atom. The van der Waals surface area contributed by atoms with Gasteiger partial charge in [-0.1, -0.05) is 12.1 Å². The number of halogens is 2. The van der Waals surface area contributed by atoms with Gasteiger partial charge in [0, 0.05) is 20.1 Å². The first-order valence-electron chi connectivity index (χ1n) is 7.38. The summed E-state index contributed by atoms with van der Waals surface area (Å²) < 4.78 is 14.5. The number of nitrogens with one attached hydrogen (secondary N) is 2. The molecular weight excluding hydrogens is 426 g/mol. The van der Waals surface area contributed by atoms with Crippen molar-refractivity contribution in [3.63, 3.8) is 0 Å². The van der Waals surface area contributed by atoms with E-state index in [2.05, 4.69) is 25.7 Å². The van der Waals surface area contributed by atoms with E-state index in [4.69, 9.17) is 0 Å². The lowest BCUT2D eigenvalue weighted by atomic mass is 10.1. The molecule has 0 amide bonds. The molecule has 9 heteroatoms. The van der Waals surface area contributed by atoms with E-state index in [1.54, 1.807) is 23.9 Å². The first kappa shape index (κ1) is 20.3. The predicted molar refractivity (Wildman–Crippen MR) is 101 cm³/mol. The lowest BCUT2D eigenvalue weighted by Crippen LogP contribution is -2.39. The number of guanidine groups is 1. The van der Waals surface area contributed by atoms with Crippen molar-refractivity contribution in [1.82, 2.24) is 25.4 Å². The Balaban J connectivity index is 0.00000288. The summed E-state index contributed by atoms with van der Waals surface area (Å²) in [6, 6.07) is 5.77. The molecule has 0 aliphatic heterocycles. The molecule has 1 heterocycles. The van der Waals surface area contributed by atoms with Gasteiger partial charge in [-0.2, -0.15) is 5.10 Å². The third-order valence-corrected chi connectivity index (χ3v) is 3.25. The standard InChI is InChI=1S/C15H21FN6O.HI/c1-3-17-15(19-9-14-20-10-21-22(14)2)18-8-13(23)11-4-6-12(16)7-5-11;/h4-7,10,13,23H,3,8-9H2,1-2H3,(H2,17,18,19);1H. The summed E-state index contributed by atoms with van der Waals surface area (Å²) in [7, 11) is 1.80. The molecule has 3 N–H and O–H groups in total. The van der Waals surface area contributed by atoms with E-state index in [1.807, 2.05) is 6.92 Å². The van der Waals surface area contributed by atoms with Crippen LogP contribution in [0.1, 0.15) is 24.4 Å². The summed E-state index contributed by atoms with van der Waals surface area (Å²) in [5, 5.41) is 20.3. The van der Waals surface area contributed by atoms with Crippen LogP contribution in [0.25, 0.3) is 0 Å². The third-order valence-electron chi connectivity index (χ3n) is 3.25. The van der Waals surface area contributed by atoms with Crippen LogP contribution in [0.4, 0.5) is 4.39 Å². The Hall–Kier alpha value is -1.75. The predicted octanol–water partition coefficient (Wildman–Crippen LogP) is 1.36. The minimum absolute atomic E-state index is 0. The highest BCUT2D eigenvalue weighted by molar-refractivity contribution is 14.0. The van der Waals surface area contributed by atoms with Gasteiger partial charge in [-0.25, -0.2) is 14.4 Å². The number of aliphatic imine (C=N–C) groups is 1. The molecule has 0 fully saturated rings. The second-order valence-corrected chi connectivity index (χ2v) is 4.94. The van der Waals surface area contributed by atoms with E-state index >= 15 is 0 Å². The summed E-state index contributed by atoms with van der Waals surface area (Å²) in [6.07, 6.45) is 0.720. The molecule has 0 saturated carbocycles. The van der Waals surface area contributed by atoms with Crippen molar-refractivity contribution in [3.05, 3.63) is 47.8 Å². The topological polar surface area (TPSA) is 87.4 Å². The quantitative estimate of drug-likeness (QED) is 0.353. The van der Waals surface area contributed by atoms with E-state index in [0.29, 0.717) is 24.6 Å². The molecule has 132 valence electrons. The van der Waals surface area contributed by atoms with Crippen molar-refractivity contribution in [1.29, 1.82) is 0 Å². The summed E-state index contributed by atoms with van der Waals surface area (Å²) >= 11 is 0. The average Bonchev–Trinajstić information content (AvgIpc) is 2.95. The van der Waals surface area contributed by atoms with Gasteiger partial charge in [-0.15, -0.1) is 24.0 Å². The van der Waals surface area contributed by atoms with E-state index in [-0.39, 0.29) is 36.3 Å². The molecule has 2 aromatic rings. The fourth-order valence-corrected chi connectivity index (χ4v) is 1.95. The normalized spacial score (nSPS) is 12.4. The molecule has 2 rings (SSSR count). The molecule has 24 heavy (non-hydrogen) atoms. The van der Waals surface area contributed by atoms with Gasteiger partial charge in [-0.3, -0.25) is 4.68 Å². The Morgan fingerprint density at radius 2 is 2.04 bits per heavy atom. The van der Waals surface area contributed by atoms with Crippen molar-refractivity contribution in [3.8, 4) is 0 Å². The number of hydrogen-bond donors (Lipinski definition) is 3.